The molecule has 0 bridgehead atoms. The van der Waals surface area contributed by atoms with E-state index in [1.54, 1.807) is 30.6 Å². The molecule has 4 N–H and O–H groups in total. The molecule has 6 rings (SSSR count). The Bertz CT molecular complexity index is 1220. The number of amides is 1. The smallest absolute Gasteiger partial charge is 0.264 e. The van der Waals surface area contributed by atoms with Gasteiger partial charge in [-0.25, -0.2) is 4.98 Å². The Morgan fingerprint density at radius 2 is 1.97 bits per heavy atom. The molecule has 2 atom stereocenters. The van der Waals surface area contributed by atoms with Gasteiger partial charge in [-0.1, -0.05) is 6.07 Å². The third-order valence-corrected chi connectivity index (χ3v) is 7.25. The minimum absolute atomic E-state index is 0.0170. The Morgan fingerprint density at radius 1 is 1.15 bits per heavy atom. The molecule has 2 fully saturated rings. The van der Waals surface area contributed by atoms with Gasteiger partial charge in [-0.05, 0) is 74.2 Å². The van der Waals surface area contributed by atoms with Gasteiger partial charge in [0.15, 0.2) is 0 Å². The number of nitrogens with one attached hydrogen (secondary N) is 2. The van der Waals surface area contributed by atoms with Gasteiger partial charge < -0.3 is 10.6 Å². The van der Waals surface area contributed by atoms with Crippen molar-refractivity contribution in [1.29, 1.82) is 0 Å². The van der Waals surface area contributed by atoms with Crippen LogP contribution >= 0.6 is 0 Å². The number of carbonyl (C=O) groups excluding carboxylic acids is 1. The number of rotatable bonds is 4. The molecule has 1 spiro atoms. The number of fused-ring (bicyclic) bond motifs is 1. The summed E-state index contributed by atoms with van der Waals surface area (Å²) in [5.74, 6) is 8.38. The van der Waals surface area contributed by atoms with Crippen LogP contribution in [0.15, 0.2) is 82.4 Å². The second kappa shape index (κ2) is 7.55. The minimum atomic E-state index is -0.208. The van der Waals surface area contributed by atoms with Crippen molar-refractivity contribution in [3.05, 3.63) is 83.6 Å². The van der Waals surface area contributed by atoms with Crippen LogP contribution in [0.4, 0.5) is 5.82 Å². The molecular weight excluding hydrogens is 414 g/mol. The van der Waals surface area contributed by atoms with Crippen molar-refractivity contribution in [3.8, 4) is 0 Å². The number of piperidine rings is 1. The Hall–Kier alpha value is -3.46. The number of nitrogens with two attached hydrogens (primary N) is 1. The van der Waals surface area contributed by atoms with Crippen molar-refractivity contribution in [1.82, 2.24) is 10.3 Å². The summed E-state index contributed by atoms with van der Waals surface area (Å²) in [5.41, 5.74) is 3.80. The molecule has 1 aromatic carbocycles. The Balaban J connectivity index is 1.28. The van der Waals surface area contributed by atoms with Gasteiger partial charge in [-0.3, -0.25) is 9.79 Å². The van der Waals surface area contributed by atoms with E-state index in [0.717, 1.165) is 42.3 Å². The van der Waals surface area contributed by atoms with E-state index in [-0.39, 0.29) is 10.5 Å². The van der Waals surface area contributed by atoms with E-state index in [4.69, 9.17) is 10.8 Å². The molecule has 4 aliphatic rings. The van der Waals surface area contributed by atoms with Gasteiger partial charge in [0, 0.05) is 17.7 Å². The molecular formula is C25H26N7O+. The lowest BCUT2D eigenvalue weighted by Gasteiger charge is -2.26. The second-order valence-electron chi connectivity index (χ2n) is 9.18. The largest absolute Gasteiger partial charge is 0.317 e. The lowest BCUT2D eigenvalue weighted by atomic mass is 9.91. The third-order valence-electron chi connectivity index (χ3n) is 7.25. The van der Waals surface area contributed by atoms with Gasteiger partial charge in [0.2, 0.25) is 5.70 Å². The maximum Gasteiger partial charge on any atom is 0.264 e. The maximum absolute atomic E-state index is 12.6. The number of anilines is 1. The summed E-state index contributed by atoms with van der Waals surface area (Å²) in [5, 5.41) is 6.28. The highest BCUT2D eigenvalue weighted by Gasteiger charge is 2.60. The summed E-state index contributed by atoms with van der Waals surface area (Å²) >= 11 is 0. The molecule has 33 heavy (non-hydrogen) atoms. The van der Waals surface area contributed by atoms with Crippen LogP contribution in [-0.2, 0) is 0 Å². The average molecular weight is 441 g/mol. The van der Waals surface area contributed by atoms with E-state index in [1.165, 1.54) is 12.8 Å². The van der Waals surface area contributed by atoms with E-state index >= 15 is 0 Å². The molecule has 1 aliphatic carbocycles. The van der Waals surface area contributed by atoms with Crippen LogP contribution in [0.2, 0.25) is 0 Å². The van der Waals surface area contributed by atoms with Gasteiger partial charge >= 0.3 is 0 Å². The first-order valence-electron chi connectivity index (χ1n) is 11.3. The molecule has 1 saturated carbocycles. The third kappa shape index (κ3) is 3.34. The standard InChI is InChI=1S/C25H25N7O/c26-32-14-13-28-16-20(32)22(19-15-25(19)8-11-27-12-9-25)31-23(32)17-4-6-18(7-5-17)24(33)30-21-3-1-2-10-29-21/h1-7,10,13-14,16,19,27H,8-9,11-12,15,26H2/p+1. The zero-order chi connectivity index (χ0) is 22.5. The van der Waals surface area contributed by atoms with Gasteiger partial charge in [0.25, 0.3) is 11.7 Å². The molecule has 4 heterocycles. The van der Waals surface area contributed by atoms with E-state index in [0.29, 0.717) is 22.7 Å². The number of amidine groups is 1. The van der Waals surface area contributed by atoms with E-state index in [2.05, 4.69) is 20.6 Å². The van der Waals surface area contributed by atoms with Crippen molar-refractivity contribution in [2.75, 3.05) is 18.4 Å². The fraction of sp³-hybridized carbons (Fsp3) is 0.280. The molecule has 0 radical (unpaired) electrons. The normalized spacial score (nSPS) is 26.8. The van der Waals surface area contributed by atoms with Crippen LogP contribution in [-0.4, -0.2) is 40.6 Å². The quantitative estimate of drug-likeness (QED) is 0.502. The summed E-state index contributed by atoms with van der Waals surface area (Å²) in [6, 6.07) is 12.8. The number of quaternary nitrogens is 1. The van der Waals surface area contributed by atoms with E-state index in [9.17, 15) is 4.79 Å². The van der Waals surface area contributed by atoms with Crippen molar-refractivity contribution >= 4 is 23.8 Å². The van der Waals surface area contributed by atoms with E-state index < -0.39 is 0 Å². The molecule has 2 unspecified atom stereocenters. The number of allylic oxidation sites excluding steroid dienone is 2. The number of pyridine rings is 1. The average Bonchev–Trinajstić information content (AvgIpc) is 3.43. The summed E-state index contributed by atoms with van der Waals surface area (Å²) in [4.78, 5) is 26.2. The summed E-state index contributed by atoms with van der Waals surface area (Å²) in [7, 11) is 0. The highest BCUT2D eigenvalue weighted by molar-refractivity contribution is 6.05. The van der Waals surface area contributed by atoms with Crippen molar-refractivity contribution in [3.63, 3.8) is 0 Å². The molecule has 2 aromatic rings. The lowest BCUT2D eigenvalue weighted by molar-refractivity contribution is -0.750. The zero-order valence-electron chi connectivity index (χ0n) is 18.2. The number of aromatic nitrogens is 1. The first kappa shape index (κ1) is 20.2. The second-order valence-corrected chi connectivity index (χ2v) is 9.18. The number of nitrogens with zero attached hydrogens (tertiary/aromatic N) is 4. The highest BCUT2D eigenvalue weighted by atomic mass is 16.1. The van der Waals surface area contributed by atoms with Crippen LogP contribution in [0, 0.1) is 11.3 Å². The number of benzene rings is 1. The highest BCUT2D eigenvalue weighted by Crippen LogP contribution is 2.63. The van der Waals surface area contributed by atoms with Crippen LogP contribution < -0.4 is 16.5 Å². The van der Waals surface area contributed by atoms with Gasteiger partial charge in [0.05, 0.1) is 18.0 Å². The van der Waals surface area contributed by atoms with Gasteiger partial charge in [-0.2, -0.15) is 10.8 Å². The first-order valence-corrected chi connectivity index (χ1v) is 11.3. The molecule has 1 saturated heterocycles. The molecule has 3 aliphatic heterocycles. The Kier molecular flexibility index (Phi) is 4.62. The summed E-state index contributed by atoms with van der Waals surface area (Å²) in [6.45, 7) is 2.13. The number of hydrogen-bond acceptors (Lipinski definition) is 6. The topological polar surface area (TPSA) is 105 Å². The SMILES string of the molecule is N[N+]12C=CN=CC1=C(C1CC13CCNCC3)N=C2c1ccc(C(=O)Nc2ccccn2)cc1. The Labute approximate surface area is 192 Å². The van der Waals surface area contributed by atoms with E-state index in [1.807, 2.05) is 36.7 Å². The van der Waals surface area contributed by atoms with Gasteiger partial charge in [-0.15, -0.1) is 4.59 Å². The molecule has 1 amide bonds. The Morgan fingerprint density at radius 3 is 2.73 bits per heavy atom. The van der Waals surface area contributed by atoms with Crippen molar-refractivity contribution < 1.29 is 9.39 Å². The fourth-order valence-electron chi connectivity index (χ4n) is 5.27. The number of hydrogen-bond donors (Lipinski definition) is 3. The minimum Gasteiger partial charge on any atom is -0.317 e. The maximum atomic E-state index is 12.6. The van der Waals surface area contributed by atoms with Crippen molar-refractivity contribution in [2.45, 2.75) is 19.3 Å². The predicted octanol–water partition coefficient (Wildman–Crippen LogP) is 2.94. The summed E-state index contributed by atoms with van der Waals surface area (Å²) < 4.78 is 0.0170. The molecule has 166 valence electrons. The zero-order valence-corrected chi connectivity index (χ0v) is 18.2. The van der Waals surface area contributed by atoms with Crippen LogP contribution in [0.1, 0.15) is 35.2 Å². The molecule has 8 nitrogen and oxygen atoms in total. The molecule has 1 aromatic heterocycles. The molecule has 8 heteroatoms. The first-order chi connectivity index (χ1) is 16.1. The predicted molar refractivity (Wildman–Crippen MR) is 127 cm³/mol. The van der Waals surface area contributed by atoms with Crippen LogP contribution in [0.3, 0.4) is 0 Å². The monoisotopic (exact) mass is 440 g/mol. The number of carbonyl (C=O) groups is 1. The van der Waals surface area contributed by atoms with Crippen LogP contribution in [0.5, 0.6) is 0 Å². The fourth-order valence-corrected chi connectivity index (χ4v) is 5.27. The summed E-state index contributed by atoms with van der Waals surface area (Å²) in [6.07, 6.45) is 10.6. The lowest BCUT2D eigenvalue weighted by Crippen LogP contribution is -2.53. The van der Waals surface area contributed by atoms with Crippen molar-refractivity contribution in [2.24, 2.45) is 27.2 Å². The number of aliphatic imine (C=N–C) groups is 2. The van der Waals surface area contributed by atoms with Gasteiger partial charge in [0.1, 0.15) is 17.7 Å². The van der Waals surface area contributed by atoms with Crippen LogP contribution in [0.25, 0.3) is 0 Å².